The van der Waals surface area contributed by atoms with Crippen molar-refractivity contribution >= 4 is 17.0 Å². The molecule has 0 aliphatic heterocycles. The topological polar surface area (TPSA) is 55.0 Å². The van der Waals surface area contributed by atoms with Gasteiger partial charge in [-0.15, -0.1) is 0 Å². The molecule has 4 nitrogen and oxygen atoms in total. The Morgan fingerprint density at radius 2 is 2.12 bits per heavy atom. The summed E-state index contributed by atoms with van der Waals surface area (Å²) in [7, 11) is 1.18. The number of aromatic nitrogens is 2. The molecule has 0 fully saturated rings. The van der Waals surface area contributed by atoms with Crippen molar-refractivity contribution in [3.05, 3.63) is 29.6 Å². The summed E-state index contributed by atoms with van der Waals surface area (Å²) in [5.74, 6) is -0.656. The van der Waals surface area contributed by atoms with Crippen molar-refractivity contribution in [1.29, 1.82) is 0 Å². The normalized spacial score (nSPS) is 11.8. The Hall–Kier alpha value is -2.05. The van der Waals surface area contributed by atoms with Crippen LogP contribution in [0.5, 0.6) is 0 Å². The second-order valence-electron chi connectivity index (χ2n) is 3.30. The maximum absolute atomic E-state index is 12.4. The first-order valence-electron chi connectivity index (χ1n) is 4.57. The molecule has 0 saturated carbocycles. The van der Waals surface area contributed by atoms with Crippen LogP contribution in [0.25, 0.3) is 11.0 Å². The Kier molecular flexibility index (Phi) is 2.53. The van der Waals surface area contributed by atoms with Gasteiger partial charge in [-0.1, -0.05) is 0 Å². The summed E-state index contributed by atoms with van der Waals surface area (Å²) in [6.07, 6.45) is -4.50. The smallest absolute Gasteiger partial charge is 0.433 e. The van der Waals surface area contributed by atoms with Gasteiger partial charge in [0.05, 0.1) is 18.1 Å². The summed E-state index contributed by atoms with van der Waals surface area (Å²) in [6.45, 7) is 0. The van der Waals surface area contributed by atoms with Gasteiger partial charge in [0, 0.05) is 0 Å². The van der Waals surface area contributed by atoms with Crippen molar-refractivity contribution in [3.8, 4) is 0 Å². The molecule has 2 heterocycles. The molecule has 17 heavy (non-hydrogen) atoms. The van der Waals surface area contributed by atoms with E-state index in [9.17, 15) is 18.0 Å². The van der Waals surface area contributed by atoms with Crippen LogP contribution in [-0.2, 0) is 10.9 Å². The minimum absolute atomic E-state index is 0.0642. The van der Waals surface area contributed by atoms with E-state index in [1.165, 1.54) is 19.2 Å². The maximum Gasteiger partial charge on any atom is 0.433 e. The number of nitrogens with one attached hydrogen (secondary N) is 1. The van der Waals surface area contributed by atoms with Gasteiger partial charge in [-0.3, -0.25) is 0 Å². The third kappa shape index (κ3) is 2.08. The Labute approximate surface area is 93.4 Å². The van der Waals surface area contributed by atoms with Crippen molar-refractivity contribution in [1.82, 2.24) is 9.97 Å². The standard InChI is InChI=1S/C10H7F3N2O2/c1-17-9(16)7-4-6-5(14-7)2-3-8(15-6)10(11,12)13/h2-4,14H,1H3. The number of H-pyrrole nitrogens is 1. The highest BCUT2D eigenvalue weighted by molar-refractivity contribution is 5.93. The molecule has 1 N–H and O–H groups in total. The van der Waals surface area contributed by atoms with Crippen LogP contribution in [0, 0.1) is 0 Å². The van der Waals surface area contributed by atoms with E-state index in [1.807, 2.05) is 0 Å². The summed E-state index contributed by atoms with van der Waals surface area (Å²) in [5.41, 5.74) is -0.520. The maximum atomic E-state index is 12.4. The fourth-order valence-corrected chi connectivity index (χ4v) is 1.39. The van der Waals surface area contributed by atoms with Gasteiger partial charge in [-0.25, -0.2) is 9.78 Å². The zero-order valence-electron chi connectivity index (χ0n) is 8.63. The number of nitrogens with zero attached hydrogens (tertiary/aromatic N) is 1. The van der Waals surface area contributed by atoms with E-state index in [2.05, 4.69) is 14.7 Å². The minimum Gasteiger partial charge on any atom is -0.464 e. The number of hydrogen-bond acceptors (Lipinski definition) is 3. The van der Waals surface area contributed by atoms with Crippen LogP contribution in [-0.4, -0.2) is 23.0 Å². The second-order valence-corrected chi connectivity index (χ2v) is 3.30. The lowest BCUT2D eigenvalue weighted by atomic mass is 10.3. The fourth-order valence-electron chi connectivity index (χ4n) is 1.39. The van der Waals surface area contributed by atoms with E-state index in [0.29, 0.717) is 5.52 Å². The van der Waals surface area contributed by atoms with Gasteiger partial charge in [0.15, 0.2) is 0 Å². The molecular weight excluding hydrogens is 237 g/mol. The lowest BCUT2D eigenvalue weighted by Crippen LogP contribution is -2.07. The Balaban J connectivity index is 2.52. The lowest BCUT2D eigenvalue weighted by Gasteiger charge is -2.04. The molecule has 0 atom stereocenters. The number of methoxy groups -OCH3 is 1. The zero-order chi connectivity index (χ0) is 12.6. The second kappa shape index (κ2) is 3.76. The number of halogens is 3. The predicted molar refractivity (Wildman–Crippen MR) is 52.4 cm³/mol. The van der Waals surface area contributed by atoms with Gasteiger partial charge >= 0.3 is 12.1 Å². The Bertz CT molecular complexity index is 574. The average Bonchev–Trinajstić information content (AvgIpc) is 2.69. The van der Waals surface area contributed by atoms with E-state index in [-0.39, 0.29) is 11.2 Å². The monoisotopic (exact) mass is 244 g/mol. The third-order valence-electron chi connectivity index (χ3n) is 2.17. The highest BCUT2D eigenvalue weighted by Gasteiger charge is 2.32. The van der Waals surface area contributed by atoms with E-state index < -0.39 is 17.8 Å². The number of ether oxygens (including phenoxy) is 1. The third-order valence-corrected chi connectivity index (χ3v) is 2.17. The molecule has 0 amide bonds. The van der Waals surface area contributed by atoms with Crippen LogP contribution in [0.3, 0.4) is 0 Å². The number of carbonyl (C=O) groups excluding carboxylic acids is 1. The van der Waals surface area contributed by atoms with Crippen molar-refractivity contribution in [2.24, 2.45) is 0 Å². The Morgan fingerprint density at radius 3 is 2.71 bits per heavy atom. The van der Waals surface area contributed by atoms with Crippen LogP contribution in [0.2, 0.25) is 0 Å². The Morgan fingerprint density at radius 1 is 1.41 bits per heavy atom. The molecular formula is C10H7F3N2O2. The summed E-state index contributed by atoms with van der Waals surface area (Å²) >= 11 is 0. The number of hydrogen-bond donors (Lipinski definition) is 1. The first-order chi connectivity index (χ1) is 7.91. The van der Waals surface area contributed by atoms with Crippen molar-refractivity contribution in [2.75, 3.05) is 7.11 Å². The van der Waals surface area contributed by atoms with Gasteiger partial charge in [-0.05, 0) is 18.2 Å². The number of aromatic amines is 1. The summed E-state index contributed by atoms with van der Waals surface area (Å²) < 4.78 is 41.6. The van der Waals surface area contributed by atoms with E-state index in [4.69, 9.17) is 0 Å². The van der Waals surface area contributed by atoms with Crippen LogP contribution in [0.1, 0.15) is 16.2 Å². The van der Waals surface area contributed by atoms with Crippen LogP contribution in [0.4, 0.5) is 13.2 Å². The quantitative estimate of drug-likeness (QED) is 0.783. The van der Waals surface area contributed by atoms with Gasteiger partial charge in [-0.2, -0.15) is 13.2 Å². The van der Waals surface area contributed by atoms with Crippen molar-refractivity contribution in [3.63, 3.8) is 0 Å². The highest BCUT2D eigenvalue weighted by Crippen LogP contribution is 2.29. The molecule has 0 aromatic carbocycles. The minimum atomic E-state index is -4.50. The van der Waals surface area contributed by atoms with Gasteiger partial charge in [0.2, 0.25) is 0 Å². The average molecular weight is 244 g/mol. The van der Waals surface area contributed by atoms with E-state index in [0.717, 1.165) is 6.07 Å². The molecule has 90 valence electrons. The first-order valence-corrected chi connectivity index (χ1v) is 4.57. The number of alkyl halides is 3. The summed E-state index contributed by atoms with van der Waals surface area (Å²) in [5, 5.41) is 0. The largest absolute Gasteiger partial charge is 0.464 e. The van der Waals surface area contributed by atoms with E-state index >= 15 is 0 Å². The molecule has 0 radical (unpaired) electrons. The number of esters is 1. The van der Waals surface area contributed by atoms with Crippen LogP contribution >= 0.6 is 0 Å². The van der Waals surface area contributed by atoms with E-state index in [1.54, 1.807) is 0 Å². The van der Waals surface area contributed by atoms with Gasteiger partial charge in [0.1, 0.15) is 11.4 Å². The fraction of sp³-hybridized carbons (Fsp3) is 0.200. The van der Waals surface area contributed by atoms with Gasteiger partial charge < -0.3 is 9.72 Å². The first kappa shape index (κ1) is 11.4. The molecule has 2 rings (SSSR count). The molecule has 2 aromatic rings. The molecule has 2 aromatic heterocycles. The van der Waals surface area contributed by atoms with Gasteiger partial charge in [0.25, 0.3) is 0 Å². The molecule has 0 bridgehead atoms. The number of carbonyl (C=O) groups is 1. The number of fused-ring (bicyclic) bond motifs is 1. The molecule has 0 aliphatic carbocycles. The molecule has 0 saturated heterocycles. The van der Waals surface area contributed by atoms with Crippen LogP contribution in [0.15, 0.2) is 18.2 Å². The molecule has 7 heteroatoms. The van der Waals surface area contributed by atoms with Crippen molar-refractivity contribution < 1.29 is 22.7 Å². The SMILES string of the molecule is COC(=O)c1cc2nc(C(F)(F)F)ccc2[nH]1. The molecule has 0 aliphatic rings. The lowest BCUT2D eigenvalue weighted by molar-refractivity contribution is -0.140. The summed E-state index contributed by atoms with van der Waals surface area (Å²) in [4.78, 5) is 17.2. The number of rotatable bonds is 1. The predicted octanol–water partition coefficient (Wildman–Crippen LogP) is 2.37. The molecule has 0 unspecified atom stereocenters. The molecule has 0 spiro atoms. The van der Waals surface area contributed by atoms with Crippen LogP contribution < -0.4 is 0 Å². The number of pyridine rings is 1. The highest BCUT2D eigenvalue weighted by atomic mass is 19.4. The van der Waals surface area contributed by atoms with Crippen molar-refractivity contribution in [2.45, 2.75) is 6.18 Å². The summed E-state index contributed by atoms with van der Waals surface area (Å²) in [6, 6.07) is 3.29. The zero-order valence-corrected chi connectivity index (χ0v) is 8.63.